The molecule has 148 valence electrons. The highest BCUT2D eigenvalue weighted by Crippen LogP contribution is 2.27. The monoisotopic (exact) mass is 393 g/mol. The van der Waals surface area contributed by atoms with Crippen molar-refractivity contribution in [1.29, 1.82) is 5.26 Å². The van der Waals surface area contributed by atoms with E-state index in [2.05, 4.69) is 0 Å². The molecule has 0 N–H and O–H groups in total. The quantitative estimate of drug-likeness (QED) is 0.560. The summed E-state index contributed by atoms with van der Waals surface area (Å²) in [4.78, 5) is 24.6. The number of esters is 2. The van der Waals surface area contributed by atoms with E-state index in [1.54, 1.807) is 62.4 Å². The maximum absolute atomic E-state index is 12.4. The molecular formula is C22H19NO6. The Kier molecular flexibility index (Phi) is 6.15. The highest BCUT2D eigenvalue weighted by molar-refractivity contribution is 5.96. The summed E-state index contributed by atoms with van der Waals surface area (Å²) < 4.78 is 21.5. The van der Waals surface area contributed by atoms with Crippen LogP contribution in [0.5, 0.6) is 5.75 Å². The van der Waals surface area contributed by atoms with Crippen LogP contribution in [0.1, 0.15) is 35.5 Å². The highest BCUT2D eigenvalue weighted by atomic mass is 16.6. The van der Waals surface area contributed by atoms with Crippen LogP contribution in [0.25, 0.3) is 11.0 Å². The van der Waals surface area contributed by atoms with Gasteiger partial charge in [-0.05, 0) is 44.2 Å². The number of benzene rings is 2. The summed E-state index contributed by atoms with van der Waals surface area (Å²) in [6, 6.07) is 15.5. The van der Waals surface area contributed by atoms with Gasteiger partial charge in [0.2, 0.25) is 5.76 Å². The Labute approximate surface area is 167 Å². The Morgan fingerprint density at radius 1 is 1.10 bits per heavy atom. The van der Waals surface area contributed by atoms with Crippen molar-refractivity contribution in [2.24, 2.45) is 0 Å². The van der Waals surface area contributed by atoms with E-state index in [1.807, 2.05) is 6.07 Å². The van der Waals surface area contributed by atoms with E-state index < -0.39 is 18.0 Å². The Balaban J connectivity index is 1.72. The lowest BCUT2D eigenvalue weighted by Gasteiger charge is -2.14. The molecule has 2 aromatic carbocycles. The van der Waals surface area contributed by atoms with Gasteiger partial charge < -0.3 is 18.6 Å². The van der Waals surface area contributed by atoms with Gasteiger partial charge in [-0.25, -0.2) is 9.59 Å². The molecule has 0 aliphatic carbocycles. The number of rotatable bonds is 7. The third-order valence-corrected chi connectivity index (χ3v) is 4.15. The largest absolute Gasteiger partial charge is 0.479 e. The van der Waals surface area contributed by atoms with Crippen molar-refractivity contribution >= 4 is 22.9 Å². The smallest absolute Gasteiger partial charge is 0.374 e. The topological polar surface area (TPSA) is 98.8 Å². The molecule has 0 saturated carbocycles. The van der Waals surface area contributed by atoms with Crippen LogP contribution in [0.2, 0.25) is 0 Å². The van der Waals surface area contributed by atoms with Crippen molar-refractivity contribution in [1.82, 2.24) is 0 Å². The molecule has 0 aliphatic rings. The maximum Gasteiger partial charge on any atom is 0.374 e. The van der Waals surface area contributed by atoms with Gasteiger partial charge in [0.15, 0.2) is 6.10 Å². The summed E-state index contributed by atoms with van der Waals surface area (Å²) in [5.74, 6) is -0.762. The van der Waals surface area contributed by atoms with Crippen molar-refractivity contribution < 1.29 is 28.2 Å². The standard InChI is InChI=1S/C22H19NO6/c1-3-26-22(25)20-18(17-6-4-5-7-19(17)29-20)13-27-21(24)14(2)28-16-10-8-15(12-23)9-11-16/h4-11,14H,3,13H2,1-2H3. The van der Waals surface area contributed by atoms with Gasteiger partial charge in [-0.15, -0.1) is 0 Å². The van der Waals surface area contributed by atoms with Gasteiger partial charge in [0.25, 0.3) is 0 Å². The third kappa shape index (κ3) is 4.55. The summed E-state index contributed by atoms with van der Waals surface area (Å²) in [6.07, 6.45) is -0.882. The minimum atomic E-state index is -0.882. The highest BCUT2D eigenvalue weighted by Gasteiger charge is 2.24. The fourth-order valence-corrected chi connectivity index (χ4v) is 2.72. The summed E-state index contributed by atoms with van der Waals surface area (Å²) in [7, 11) is 0. The van der Waals surface area contributed by atoms with Gasteiger partial charge in [-0.3, -0.25) is 0 Å². The first-order chi connectivity index (χ1) is 14.0. The molecular weight excluding hydrogens is 374 g/mol. The van der Waals surface area contributed by atoms with Crippen molar-refractivity contribution in [2.45, 2.75) is 26.6 Å². The molecule has 0 saturated heterocycles. The molecule has 3 aromatic rings. The lowest BCUT2D eigenvalue weighted by Crippen LogP contribution is -2.26. The van der Waals surface area contributed by atoms with Gasteiger partial charge in [0.05, 0.1) is 23.8 Å². The average Bonchev–Trinajstić information content (AvgIpc) is 3.11. The number of nitriles is 1. The first-order valence-corrected chi connectivity index (χ1v) is 9.04. The zero-order chi connectivity index (χ0) is 20.8. The fourth-order valence-electron chi connectivity index (χ4n) is 2.72. The number of hydrogen-bond acceptors (Lipinski definition) is 7. The second-order valence-electron chi connectivity index (χ2n) is 6.13. The normalized spacial score (nSPS) is 11.5. The van der Waals surface area contributed by atoms with Crippen LogP contribution >= 0.6 is 0 Å². The van der Waals surface area contributed by atoms with E-state index >= 15 is 0 Å². The first kappa shape index (κ1) is 20.0. The zero-order valence-corrected chi connectivity index (χ0v) is 16.0. The minimum Gasteiger partial charge on any atom is -0.479 e. The molecule has 1 atom stereocenters. The molecule has 1 heterocycles. The van der Waals surface area contributed by atoms with Crippen molar-refractivity contribution in [3.63, 3.8) is 0 Å². The molecule has 0 fully saturated rings. The Morgan fingerprint density at radius 3 is 2.52 bits per heavy atom. The lowest BCUT2D eigenvalue weighted by atomic mass is 10.1. The molecule has 1 unspecified atom stereocenters. The van der Waals surface area contributed by atoms with Gasteiger partial charge in [0.1, 0.15) is 17.9 Å². The average molecular weight is 393 g/mol. The third-order valence-electron chi connectivity index (χ3n) is 4.15. The molecule has 0 amide bonds. The Morgan fingerprint density at radius 2 is 1.83 bits per heavy atom. The number of carbonyl (C=O) groups is 2. The second kappa shape index (κ2) is 8.93. The molecule has 3 rings (SSSR count). The zero-order valence-electron chi connectivity index (χ0n) is 16.0. The first-order valence-electron chi connectivity index (χ1n) is 9.04. The van der Waals surface area contributed by atoms with Crippen LogP contribution in [0.15, 0.2) is 52.9 Å². The summed E-state index contributed by atoms with van der Waals surface area (Å²) in [5, 5.41) is 9.49. The van der Waals surface area contributed by atoms with E-state index in [-0.39, 0.29) is 19.0 Å². The Bertz CT molecular complexity index is 1060. The summed E-state index contributed by atoms with van der Waals surface area (Å²) >= 11 is 0. The van der Waals surface area contributed by atoms with Crippen LogP contribution in [-0.4, -0.2) is 24.6 Å². The van der Waals surface area contributed by atoms with Gasteiger partial charge in [-0.1, -0.05) is 18.2 Å². The number of para-hydroxylation sites is 1. The van der Waals surface area contributed by atoms with Crippen molar-refractivity contribution in [3.05, 3.63) is 65.4 Å². The fraction of sp³-hybridized carbons (Fsp3) is 0.227. The van der Waals surface area contributed by atoms with Crippen molar-refractivity contribution in [2.75, 3.05) is 6.61 Å². The van der Waals surface area contributed by atoms with Crippen LogP contribution in [0.4, 0.5) is 0 Å². The molecule has 0 bridgehead atoms. The number of nitrogens with zero attached hydrogens (tertiary/aromatic N) is 1. The van der Waals surface area contributed by atoms with E-state index in [9.17, 15) is 9.59 Å². The number of carbonyl (C=O) groups excluding carboxylic acids is 2. The SMILES string of the molecule is CCOC(=O)c1oc2ccccc2c1COC(=O)C(C)Oc1ccc(C#N)cc1. The lowest BCUT2D eigenvalue weighted by molar-refractivity contribution is -0.152. The molecule has 0 aliphatic heterocycles. The maximum atomic E-state index is 12.4. The Hall–Kier alpha value is -3.79. The second-order valence-corrected chi connectivity index (χ2v) is 6.13. The molecule has 7 heteroatoms. The molecule has 0 radical (unpaired) electrons. The van der Waals surface area contributed by atoms with Crippen molar-refractivity contribution in [3.8, 4) is 11.8 Å². The van der Waals surface area contributed by atoms with E-state index in [4.69, 9.17) is 23.9 Å². The van der Waals surface area contributed by atoms with Gasteiger partial charge in [0, 0.05) is 5.39 Å². The minimum absolute atomic E-state index is 0.0153. The number of furan rings is 1. The molecule has 7 nitrogen and oxygen atoms in total. The molecule has 29 heavy (non-hydrogen) atoms. The van der Waals surface area contributed by atoms with Crippen LogP contribution in [-0.2, 0) is 20.9 Å². The van der Waals surface area contributed by atoms with Crippen LogP contribution in [0, 0.1) is 11.3 Å². The molecule has 0 spiro atoms. The van der Waals surface area contributed by atoms with E-state index in [0.717, 1.165) is 0 Å². The number of hydrogen-bond donors (Lipinski definition) is 0. The van der Waals surface area contributed by atoms with Crippen LogP contribution in [0.3, 0.4) is 0 Å². The predicted octanol–water partition coefficient (Wildman–Crippen LogP) is 3.99. The number of fused-ring (bicyclic) bond motifs is 1. The number of ether oxygens (including phenoxy) is 3. The summed E-state index contributed by atoms with van der Waals surface area (Å²) in [6.45, 7) is 3.29. The van der Waals surface area contributed by atoms with Crippen LogP contribution < -0.4 is 4.74 Å². The predicted molar refractivity (Wildman–Crippen MR) is 103 cm³/mol. The van der Waals surface area contributed by atoms with E-state index in [0.29, 0.717) is 27.8 Å². The molecule has 1 aromatic heterocycles. The van der Waals surface area contributed by atoms with Gasteiger partial charge in [-0.2, -0.15) is 5.26 Å². The van der Waals surface area contributed by atoms with E-state index in [1.165, 1.54) is 0 Å². The summed E-state index contributed by atoms with van der Waals surface area (Å²) in [5.41, 5.74) is 1.44. The van der Waals surface area contributed by atoms with Gasteiger partial charge >= 0.3 is 11.9 Å².